The summed E-state index contributed by atoms with van der Waals surface area (Å²) in [6.45, 7) is 5.75. The van der Waals surface area contributed by atoms with E-state index in [4.69, 9.17) is 0 Å². The molecule has 1 spiro atoms. The van der Waals surface area contributed by atoms with E-state index in [2.05, 4.69) is 51.3 Å². The number of aryl methyl sites for hydroxylation is 1. The van der Waals surface area contributed by atoms with Crippen LogP contribution in [-0.4, -0.2) is 25.2 Å². The third kappa shape index (κ3) is 2.82. The predicted octanol–water partition coefficient (Wildman–Crippen LogP) is 3.87. The highest BCUT2D eigenvalue weighted by atomic mass is 79.9. The number of halogens is 1. The number of hydrogen-bond acceptors (Lipinski definition) is 2. The van der Waals surface area contributed by atoms with Crippen LogP contribution in [0, 0.1) is 6.92 Å². The minimum absolute atomic E-state index is 0.385. The molecule has 0 atom stereocenters. The third-order valence-corrected chi connectivity index (χ3v) is 5.15. The first-order valence-electron chi connectivity index (χ1n) is 7.45. The Morgan fingerprint density at radius 1 is 1.21 bits per heavy atom. The molecule has 0 amide bonds. The van der Waals surface area contributed by atoms with E-state index >= 15 is 0 Å². The van der Waals surface area contributed by atoms with Crippen molar-refractivity contribution in [1.82, 2.24) is 5.32 Å². The topological polar surface area (TPSA) is 15.3 Å². The van der Waals surface area contributed by atoms with Gasteiger partial charge in [0.2, 0.25) is 0 Å². The highest BCUT2D eigenvalue weighted by Crippen LogP contribution is 2.34. The van der Waals surface area contributed by atoms with Gasteiger partial charge in [-0.1, -0.05) is 28.8 Å². The van der Waals surface area contributed by atoms with Crippen molar-refractivity contribution < 1.29 is 0 Å². The van der Waals surface area contributed by atoms with Crippen LogP contribution >= 0.6 is 15.9 Å². The van der Waals surface area contributed by atoms with Crippen molar-refractivity contribution in [3.05, 3.63) is 28.2 Å². The van der Waals surface area contributed by atoms with Crippen LogP contribution in [0.25, 0.3) is 0 Å². The van der Waals surface area contributed by atoms with Gasteiger partial charge < -0.3 is 10.2 Å². The van der Waals surface area contributed by atoms with Crippen molar-refractivity contribution in [3.8, 4) is 0 Å². The van der Waals surface area contributed by atoms with E-state index in [1.54, 1.807) is 0 Å². The van der Waals surface area contributed by atoms with Gasteiger partial charge in [0, 0.05) is 28.8 Å². The van der Waals surface area contributed by atoms with Crippen molar-refractivity contribution in [2.24, 2.45) is 0 Å². The minimum atomic E-state index is 0.385. The summed E-state index contributed by atoms with van der Waals surface area (Å²) in [6, 6.07) is 6.67. The maximum absolute atomic E-state index is 3.84. The molecule has 1 aromatic carbocycles. The number of benzene rings is 1. The van der Waals surface area contributed by atoms with Gasteiger partial charge in [0.25, 0.3) is 0 Å². The number of nitrogens with one attached hydrogen (secondary N) is 1. The van der Waals surface area contributed by atoms with E-state index in [-0.39, 0.29) is 0 Å². The molecule has 0 bridgehead atoms. The van der Waals surface area contributed by atoms with Gasteiger partial charge in [0.1, 0.15) is 0 Å². The molecule has 0 radical (unpaired) electrons. The van der Waals surface area contributed by atoms with E-state index in [0.29, 0.717) is 5.54 Å². The molecule has 3 heteroatoms. The van der Waals surface area contributed by atoms with Crippen LogP contribution in [0.5, 0.6) is 0 Å². The Bertz CT molecular complexity index is 452. The van der Waals surface area contributed by atoms with Crippen molar-refractivity contribution in [1.29, 1.82) is 0 Å². The number of anilines is 1. The second-order valence-electron chi connectivity index (χ2n) is 6.12. The summed E-state index contributed by atoms with van der Waals surface area (Å²) in [7, 11) is 0. The predicted molar refractivity (Wildman–Crippen MR) is 84.9 cm³/mol. The Morgan fingerprint density at radius 2 is 2.00 bits per heavy atom. The Morgan fingerprint density at radius 3 is 2.74 bits per heavy atom. The molecule has 19 heavy (non-hydrogen) atoms. The standard InChI is InChI=1S/C16H23BrN2/c1-13-11-14(17)5-6-15(13)19-10-4-9-18-16(12-19)7-2-3-8-16/h5-6,11,18H,2-4,7-10,12H2,1H3. The minimum Gasteiger partial charge on any atom is -0.369 e. The smallest absolute Gasteiger partial charge is 0.0397 e. The molecule has 1 saturated heterocycles. The van der Waals surface area contributed by atoms with Crippen LogP contribution in [0.15, 0.2) is 22.7 Å². The van der Waals surface area contributed by atoms with Crippen molar-refractivity contribution in [2.75, 3.05) is 24.5 Å². The highest BCUT2D eigenvalue weighted by molar-refractivity contribution is 9.10. The van der Waals surface area contributed by atoms with Crippen molar-refractivity contribution in [3.63, 3.8) is 0 Å². The zero-order valence-electron chi connectivity index (χ0n) is 11.7. The zero-order valence-corrected chi connectivity index (χ0v) is 13.3. The summed E-state index contributed by atoms with van der Waals surface area (Å²) < 4.78 is 1.18. The molecule has 1 aliphatic carbocycles. The second-order valence-corrected chi connectivity index (χ2v) is 7.04. The monoisotopic (exact) mass is 322 g/mol. The molecule has 1 aliphatic heterocycles. The van der Waals surface area contributed by atoms with E-state index < -0.39 is 0 Å². The summed E-state index contributed by atoms with van der Waals surface area (Å²) in [4.78, 5) is 2.60. The van der Waals surface area contributed by atoms with Crippen molar-refractivity contribution in [2.45, 2.75) is 44.6 Å². The number of rotatable bonds is 1. The lowest BCUT2D eigenvalue weighted by atomic mass is 9.96. The number of nitrogens with zero attached hydrogens (tertiary/aromatic N) is 1. The van der Waals surface area contributed by atoms with Crippen LogP contribution < -0.4 is 10.2 Å². The molecular weight excluding hydrogens is 300 g/mol. The lowest BCUT2D eigenvalue weighted by Gasteiger charge is -2.35. The van der Waals surface area contributed by atoms with Crippen molar-refractivity contribution >= 4 is 21.6 Å². The maximum atomic E-state index is 3.84. The molecule has 0 unspecified atom stereocenters. The van der Waals surface area contributed by atoms with Gasteiger partial charge in [-0.3, -0.25) is 0 Å². The molecule has 1 N–H and O–H groups in total. The van der Waals surface area contributed by atoms with Gasteiger partial charge in [-0.25, -0.2) is 0 Å². The van der Waals surface area contributed by atoms with Crippen LogP contribution in [0.1, 0.15) is 37.7 Å². The highest BCUT2D eigenvalue weighted by Gasteiger charge is 2.36. The SMILES string of the molecule is Cc1cc(Br)ccc1N1CCCNC2(CCCC2)C1. The lowest BCUT2D eigenvalue weighted by molar-refractivity contribution is 0.354. The van der Waals surface area contributed by atoms with Gasteiger partial charge in [0.15, 0.2) is 0 Å². The van der Waals surface area contributed by atoms with E-state index in [9.17, 15) is 0 Å². The molecule has 0 aromatic heterocycles. The summed E-state index contributed by atoms with van der Waals surface area (Å²) >= 11 is 3.56. The average Bonchev–Trinajstić information content (AvgIpc) is 2.71. The van der Waals surface area contributed by atoms with Crippen LogP contribution in [0.2, 0.25) is 0 Å². The fraction of sp³-hybridized carbons (Fsp3) is 0.625. The van der Waals surface area contributed by atoms with E-state index in [0.717, 1.165) is 0 Å². The molecule has 104 valence electrons. The van der Waals surface area contributed by atoms with E-state index in [1.807, 2.05) is 0 Å². The van der Waals surface area contributed by atoms with E-state index in [1.165, 1.54) is 67.5 Å². The normalized spacial score (nSPS) is 22.7. The summed E-state index contributed by atoms with van der Waals surface area (Å²) in [5, 5.41) is 3.84. The molecular formula is C16H23BrN2. The van der Waals surface area contributed by atoms with Gasteiger partial charge in [-0.15, -0.1) is 0 Å². The average molecular weight is 323 g/mol. The first-order chi connectivity index (χ1) is 9.19. The quantitative estimate of drug-likeness (QED) is 0.844. The summed E-state index contributed by atoms with van der Waals surface area (Å²) in [6.07, 6.45) is 6.72. The molecule has 1 heterocycles. The molecule has 1 aromatic rings. The lowest BCUT2D eigenvalue weighted by Crippen LogP contribution is -2.49. The molecule has 1 saturated carbocycles. The summed E-state index contributed by atoms with van der Waals surface area (Å²) in [5.74, 6) is 0. The fourth-order valence-electron chi connectivity index (χ4n) is 3.69. The molecule has 2 aliphatic rings. The van der Waals surface area contributed by atoms with Crippen LogP contribution in [0.3, 0.4) is 0 Å². The largest absolute Gasteiger partial charge is 0.369 e. The first kappa shape index (κ1) is 13.4. The van der Waals surface area contributed by atoms with Gasteiger partial charge in [-0.05, 0) is 56.5 Å². The Balaban J connectivity index is 1.86. The Labute approximate surface area is 124 Å². The third-order valence-electron chi connectivity index (χ3n) is 4.66. The van der Waals surface area contributed by atoms with Gasteiger partial charge in [0.05, 0.1) is 0 Å². The van der Waals surface area contributed by atoms with Crippen LogP contribution in [-0.2, 0) is 0 Å². The zero-order chi connectivity index (χ0) is 13.3. The molecule has 2 nitrogen and oxygen atoms in total. The molecule has 3 rings (SSSR count). The van der Waals surface area contributed by atoms with Gasteiger partial charge >= 0.3 is 0 Å². The second kappa shape index (κ2) is 5.45. The maximum Gasteiger partial charge on any atom is 0.0397 e. The Hall–Kier alpha value is -0.540. The first-order valence-corrected chi connectivity index (χ1v) is 8.24. The Kier molecular flexibility index (Phi) is 3.86. The summed E-state index contributed by atoms with van der Waals surface area (Å²) in [5.41, 5.74) is 3.18. The van der Waals surface area contributed by atoms with Gasteiger partial charge in [-0.2, -0.15) is 0 Å². The molecule has 2 fully saturated rings. The van der Waals surface area contributed by atoms with Crippen LogP contribution in [0.4, 0.5) is 5.69 Å². The fourth-order valence-corrected chi connectivity index (χ4v) is 4.17. The number of hydrogen-bond donors (Lipinski definition) is 1.